The summed E-state index contributed by atoms with van der Waals surface area (Å²) in [7, 11) is 0. The molecule has 1 aliphatic rings. The van der Waals surface area contributed by atoms with E-state index in [1.54, 1.807) is 0 Å². The number of hydrogen-bond donors (Lipinski definition) is 3. The van der Waals surface area contributed by atoms with Crippen LogP contribution in [0.4, 0.5) is 4.79 Å². The van der Waals surface area contributed by atoms with Crippen molar-refractivity contribution in [1.82, 2.24) is 10.6 Å². The Morgan fingerprint density at radius 3 is 2.55 bits per heavy atom. The highest BCUT2D eigenvalue weighted by Gasteiger charge is 2.25. The molecule has 2 unspecified atom stereocenters. The predicted octanol–water partition coefficient (Wildman–Crippen LogP) is 2.32. The smallest absolute Gasteiger partial charge is 0.314 e. The summed E-state index contributed by atoms with van der Waals surface area (Å²) in [4.78, 5) is 22.8. The molecule has 6 heteroatoms. The van der Waals surface area contributed by atoms with E-state index in [2.05, 4.69) is 10.6 Å². The molecule has 0 saturated carbocycles. The molecule has 1 fully saturated rings. The first kappa shape index (κ1) is 17.1. The molecule has 5 nitrogen and oxygen atoms in total. The monoisotopic (exact) mass is 302 g/mol. The Balaban J connectivity index is 2.27. The zero-order valence-corrected chi connectivity index (χ0v) is 13.4. The molecular formula is C14H26N2O3S. The van der Waals surface area contributed by atoms with Crippen molar-refractivity contribution in [3.8, 4) is 0 Å². The number of amides is 2. The molecule has 116 valence electrons. The van der Waals surface area contributed by atoms with Gasteiger partial charge in [0.15, 0.2) is 0 Å². The molecule has 2 amide bonds. The minimum absolute atomic E-state index is 0.0678. The largest absolute Gasteiger partial charge is 0.481 e. The molecule has 1 heterocycles. The number of hydrogen-bond acceptors (Lipinski definition) is 3. The normalized spacial score (nSPS) is 20.4. The molecule has 1 aliphatic heterocycles. The molecule has 0 aromatic rings. The molecular weight excluding hydrogens is 276 g/mol. The van der Waals surface area contributed by atoms with Gasteiger partial charge in [0.2, 0.25) is 0 Å². The number of thioether (sulfide) groups is 1. The number of rotatable bonds is 6. The number of nitrogens with one attached hydrogen (secondary N) is 2. The standard InChI is InChI=1S/C14H26N2O3S/c1-14(2,3)7-10(12(17)18)8-15-13(19)16-9-11-5-4-6-20-11/h10-11H,4-9H2,1-3H3,(H,17,18)(H2,15,16,19). The lowest BCUT2D eigenvalue weighted by molar-refractivity contribution is -0.142. The van der Waals surface area contributed by atoms with Gasteiger partial charge >= 0.3 is 12.0 Å². The molecule has 2 atom stereocenters. The van der Waals surface area contributed by atoms with E-state index in [4.69, 9.17) is 0 Å². The maximum absolute atomic E-state index is 11.7. The second-order valence-corrected chi connectivity index (χ2v) is 7.93. The number of carbonyl (C=O) groups is 2. The van der Waals surface area contributed by atoms with Crippen LogP contribution < -0.4 is 10.6 Å². The first-order valence-electron chi connectivity index (χ1n) is 7.14. The summed E-state index contributed by atoms with van der Waals surface area (Å²) < 4.78 is 0. The summed E-state index contributed by atoms with van der Waals surface area (Å²) in [6, 6.07) is -0.266. The molecule has 0 bridgehead atoms. The third-order valence-electron chi connectivity index (χ3n) is 3.23. The first-order valence-corrected chi connectivity index (χ1v) is 8.19. The van der Waals surface area contributed by atoms with Crippen molar-refractivity contribution in [3.05, 3.63) is 0 Å². The lowest BCUT2D eigenvalue weighted by Crippen LogP contribution is -2.42. The highest BCUT2D eigenvalue weighted by molar-refractivity contribution is 8.00. The predicted molar refractivity (Wildman–Crippen MR) is 82.1 cm³/mol. The fourth-order valence-electron chi connectivity index (χ4n) is 2.28. The van der Waals surface area contributed by atoms with Crippen LogP contribution in [0.15, 0.2) is 0 Å². The van der Waals surface area contributed by atoms with Gasteiger partial charge in [-0.3, -0.25) is 4.79 Å². The summed E-state index contributed by atoms with van der Waals surface area (Å²) in [6.07, 6.45) is 2.90. The zero-order valence-electron chi connectivity index (χ0n) is 12.6. The van der Waals surface area contributed by atoms with Gasteiger partial charge in [-0.05, 0) is 30.4 Å². The van der Waals surface area contributed by atoms with Crippen LogP contribution in [0.5, 0.6) is 0 Å². The third-order valence-corrected chi connectivity index (χ3v) is 4.63. The van der Waals surface area contributed by atoms with E-state index in [1.165, 1.54) is 12.2 Å². The number of aliphatic carboxylic acids is 1. The molecule has 3 N–H and O–H groups in total. The lowest BCUT2D eigenvalue weighted by Gasteiger charge is -2.23. The van der Waals surface area contributed by atoms with Gasteiger partial charge in [0.1, 0.15) is 0 Å². The van der Waals surface area contributed by atoms with Crippen LogP contribution >= 0.6 is 11.8 Å². The van der Waals surface area contributed by atoms with E-state index in [0.29, 0.717) is 18.2 Å². The van der Waals surface area contributed by atoms with E-state index in [1.807, 2.05) is 32.5 Å². The van der Waals surface area contributed by atoms with Gasteiger partial charge in [0, 0.05) is 18.3 Å². The van der Waals surface area contributed by atoms with Crippen LogP contribution in [0.3, 0.4) is 0 Å². The average molecular weight is 302 g/mol. The summed E-state index contributed by atoms with van der Waals surface area (Å²) >= 11 is 1.88. The van der Waals surface area contributed by atoms with E-state index >= 15 is 0 Å². The topological polar surface area (TPSA) is 78.4 Å². The van der Waals surface area contributed by atoms with Crippen LogP contribution in [-0.4, -0.2) is 41.2 Å². The first-order chi connectivity index (χ1) is 9.28. The van der Waals surface area contributed by atoms with E-state index < -0.39 is 11.9 Å². The van der Waals surface area contributed by atoms with E-state index in [0.717, 1.165) is 6.42 Å². The van der Waals surface area contributed by atoms with Gasteiger partial charge in [-0.15, -0.1) is 0 Å². The number of urea groups is 1. The molecule has 0 aromatic carbocycles. The van der Waals surface area contributed by atoms with Crippen LogP contribution in [0.2, 0.25) is 0 Å². The second kappa shape index (κ2) is 7.76. The van der Waals surface area contributed by atoms with Crippen molar-refractivity contribution >= 4 is 23.8 Å². The maximum Gasteiger partial charge on any atom is 0.314 e. The number of carboxylic acids is 1. The molecule has 0 spiro atoms. The highest BCUT2D eigenvalue weighted by atomic mass is 32.2. The molecule has 1 rings (SSSR count). The van der Waals surface area contributed by atoms with Crippen molar-refractivity contribution in [2.75, 3.05) is 18.8 Å². The summed E-state index contributed by atoms with van der Waals surface area (Å²) in [5, 5.41) is 15.2. The third kappa shape index (κ3) is 7.03. The van der Waals surface area contributed by atoms with Crippen molar-refractivity contribution in [2.24, 2.45) is 11.3 Å². The van der Waals surface area contributed by atoms with Crippen LogP contribution in [0, 0.1) is 11.3 Å². The van der Waals surface area contributed by atoms with Gasteiger partial charge < -0.3 is 15.7 Å². The lowest BCUT2D eigenvalue weighted by atomic mass is 9.84. The van der Waals surface area contributed by atoms with Crippen molar-refractivity contribution in [1.29, 1.82) is 0 Å². The molecule has 0 aromatic heterocycles. The Morgan fingerprint density at radius 2 is 2.05 bits per heavy atom. The highest BCUT2D eigenvalue weighted by Crippen LogP contribution is 2.25. The van der Waals surface area contributed by atoms with Gasteiger partial charge in [-0.2, -0.15) is 11.8 Å². The Bertz CT molecular complexity index is 336. The summed E-state index contributed by atoms with van der Waals surface area (Å²) in [5.74, 6) is -0.228. The Labute approximate surface area is 125 Å². The van der Waals surface area contributed by atoms with E-state index in [-0.39, 0.29) is 18.0 Å². The Kier molecular flexibility index (Phi) is 6.65. The molecule has 0 aliphatic carbocycles. The average Bonchev–Trinajstić information content (AvgIpc) is 2.83. The van der Waals surface area contributed by atoms with Crippen molar-refractivity contribution in [3.63, 3.8) is 0 Å². The quantitative estimate of drug-likeness (QED) is 0.703. The van der Waals surface area contributed by atoms with Crippen molar-refractivity contribution in [2.45, 2.75) is 45.3 Å². The van der Waals surface area contributed by atoms with Gasteiger partial charge in [0.25, 0.3) is 0 Å². The molecule has 1 saturated heterocycles. The van der Waals surface area contributed by atoms with Crippen LogP contribution in [0.25, 0.3) is 0 Å². The van der Waals surface area contributed by atoms with Crippen LogP contribution in [-0.2, 0) is 4.79 Å². The van der Waals surface area contributed by atoms with Gasteiger partial charge in [-0.1, -0.05) is 20.8 Å². The minimum atomic E-state index is -0.855. The SMILES string of the molecule is CC(C)(C)CC(CNC(=O)NCC1CCCS1)C(=O)O. The summed E-state index contributed by atoms with van der Waals surface area (Å²) in [6.45, 7) is 6.84. The Hall–Kier alpha value is -0.910. The number of carboxylic acid groups (broad SMARTS) is 1. The van der Waals surface area contributed by atoms with E-state index in [9.17, 15) is 14.7 Å². The summed E-state index contributed by atoms with van der Waals surface area (Å²) in [5.41, 5.74) is -0.0678. The Morgan fingerprint density at radius 1 is 1.35 bits per heavy atom. The van der Waals surface area contributed by atoms with Crippen LogP contribution in [0.1, 0.15) is 40.0 Å². The number of carbonyl (C=O) groups excluding carboxylic acids is 1. The van der Waals surface area contributed by atoms with Gasteiger partial charge in [-0.25, -0.2) is 4.79 Å². The second-order valence-electron chi connectivity index (χ2n) is 6.53. The fourth-order valence-corrected chi connectivity index (χ4v) is 3.48. The fraction of sp³-hybridized carbons (Fsp3) is 0.857. The molecule has 0 radical (unpaired) electrons. The molecule has 20 heavy (non-hydrogen) atoms. The zero-order chi connectivity index (χ0) is 15.2. The maximum atomic E-state index is 11.7. The van der Waals surface area contributed by atoms with Gasteiger partial charge in [0.05, 0.1) is 5.92 Å². The minimum Gasteiger partial charge on any atom is -0.481 e. The van der Waals surface area contributed by atoms with Crippen molar-refractivity contribution < 1.29 is 14.7 Å².